The van der Waals surface area contributed by atoms with Crippen molar-refractivity contribution in [2.24, 2.45) is 5.92 Å². The van der Waals surface area contributed by atoms with Crippen molar-refractivity contribution in [3.8, 4) is 0 Å². The van der Waals surface area contributed by atoms with E-state index in [1.165, 1.54) is 43.4 Å². The molecule has 1 aromatic rings. The first kappa shape index (κ1) is 14.4. The molecule has 114 valence electrons. The lowest BCUT2D eigenvalue weighted by Crippen LogP contribution is -2.41. The molecule has 1 saturated carbocycles. The second-order valence-corrected chi connectivity index (χ2v) is 6.53. The fraction of sp³-hybridized carbons (Fsp3) is 0.611. The van der Waals surface area contributed by atoms with E-state index in [9.17, 15) is 4.79 Å². The normalized spacial score (nSPS) is 25.5. The predicted molar refractivity (Wildman–Crippen MR) is 85.1 cm³/mol. The summed E-state index contributed by atoms with van der Waals surface area (Å²) in [5.41, 5.74) is 2.93. The predicted octanol–water partition coefficient (Wildman–Crippen LogP) is 4.11. The summed E-state index contributed by atoms with van der Waals surface area (Å²) >= 11 is 0. The minimum atomic E-state index is -0.821. The number of hydrogen-bond acceptors (Lipinski definition) is 2. The van der Waals surface area contributed by atoms with Crippen molar-refractivity contribution in [1.29, 1.82) is 0 Å². The summed E-state index contributed by atoms with van der Waals surface area (Å²) in [5, 5.41) is 9.14. The molecule has 1 aliphatic carbocycles. The second kappa shape index (κ2) is 6.08. The molecule has 0 amide bonds. The van der Waals surface area contributed by atoms with E-state index in [0.717, 1.165) is 25.3 Å². The summed E-state index contributed by atoms with van der Waals surface area (Å²) < 4.78 is 0. The molecule has 21 heavy (non-hydrogen) atoms. The van der Waals surface area contributed by atoms with Crippen molar-refractivity contribution < 1.29 is 9.90 Å². The Hall–Kier alpha value is -1.51. The van der Waals surface area contributed by atoms with Gasteiger partial charge in [-0.05, 0) is 68.2 Å². The average molecular weight is 287 g/mol. The zero-order chi connectivity index (χ0) is 14.8. The fourth-order valence-electron chi connectivity index (χ4n) is 4.00. The van der Waals surface area contributed by atoms with Crippen LogP contribution in [0.5, 0.6) is 0 Å². The molecule has 0 unspecified atom stereocenters. The van der Waals surface area contributed by atoms with Crippen molar-refractivity contribution in [1.82, 2.24) is 0 Å². The first-order valence-corrected chi connectivity index (χ1v) is 8.32. The van der Waals surface area contributed by atoms with E-state index in [2.05, 4.69) is 11.8 Å². The number of carbonyl (C=O) groups is 1. The van der Waals surface area contributed by atoms with Gasteiger partial charge in [-0.3, -0.25) is 0 Å². The van der Waals surface area contributed by atoms with E-state index in [-0.39, 0.29) is 0 Å². The van der Waals surface area contributed by atoms with Gasteiger partial charge in [0, 0.05) is 18.3 Å². The fourth-order valence-corrected chi connectivity index (χ4v) is 4.00. The molecule has 3 heteroatoms. The van der Waals surface area contributed by atoms with E-state index >= 15 is 0 Å². The van der Waals surface area contributed by atoms with E-state index in [1.54, 1.807) is 6.07 Å². The minimum absolute atomic E-state index is 0.422. The first-order chi connectivity index (χ1) is 10.2. The Kier molecular flexibility index (Phi) is 4.18. The number of nitrogens with zero attached hydrogens (tertiary/aromatic N) is 1. The third kappa shape index (κ3) is 2.92. The summed E-state index contributed by atoms with van der Waals surface area (Å²) in [6.07, 6.45) is 8.74. The first-order valence-electron chi connectivity index (χ1n) is 8.32. The zero-order valence-corrected chi connectivity index (χ0v) is 12.8. The van der Waals surface area contributed by atoms with Crippen LogP contribution in [0.25, 0.3) is 0 Å². The minimum Gasteiger partial charge on any atom is -0.478 e. The molecule has 3 rings (SSSR count). The average Bonchev–Trinajstić information content (AvgIpc) is 2.54. The molecule has 3 nitrogen and oxygen atoms in total. The van der Waals surface area contributed by atoms with Crippen LogP contribution in [0, 0.1) is 5.92 Å². The Morgan fingerprint density at radius 1 is 1.29 bits per heavy atom. The monoisotopic (exact) mass is 287 g/mol. The number of fused-ring (bicyclic) bond motifs is 1. The molecule has 1 heterocycles. The van der Waals surface area contributed by atoms with Gasteiger partial charge in [-0.1, -0.05) is 13.3 Å². The maximum atomic E-state index is 11.1. The van der Waals surface area contributed by atoms with Gasteiger partial charge in [-0.25, -0.2) is 4.79 Å². The van der Waals surface area contributed by atoms with Gasteiger partial charge in [0.1, 0.15) is 0 Å². The van der Waals surface area contributed by atoms with Crippen LogP contribution in [0.15, 0.2) is 18.2 Å². The molecule has 1 fully saturated rings. The Morgan fingerprint density at radius 2 is 2.05 bits per heavy atom. The molecule has 0 spiro atoms. The number of rotatable bonds is 3. The van der Waals surface area contributed by atoms with Crippen LogP contribution in [0.3, 0.4) is 0 Å². The standard InChI is InChI=1S/C18H25NO2/c1-2-13-5-8-16(9-6-13)19-11-3-4-14-12-15(18(20)21)7-10-17(14)19/h7,10,12-13,16H,2-6,8-9,11H2,1H3,(H,20,21). The van der Waals surface area contributed by atoms with Crippen molar-refractivity contribution in [2.75, 3.05) is 11.4 Å². The Morgan fingerprint density at radius 3 is 2.71 bits per heavy atom. The highest BCUT2D eigenvalue weighted by Crippen LogP contribution is 2.36. The molecular formula is C18H25NO2. The summed E-state index contributed by atoms with van der Waals surface area (Å²) in [6.45, 7) is 3.43. The Bertz CT molecular complexity index is 518. The molecule has 0 atom stereocenters. The number of hydrogen-bond donors (Lipinski definition) is 1. The van der Waals surface area contributed by atoms with Gasteiger partial charge in [0.25, 0.3) is 0 Å². The second-order valence-electron chi connectivity index (χ2n) is 6.53. The molecule has 0 radical (unpaired) electrons. The molecule has 1 aliphatic heterocycles. The van der Waals surface area contributed by atoms with Crippen LogP contribution in [0.1, 0.15) is 61.4 Å². The van der Waals surface area contributed by atoms with Gasteiger partial charge in [0.15, 0.2) is 0 Å². The summed E-state index contributed by atoms with van der Waals surface area (Å²) in [4.78, 5) is 13.7. The number of benzene rings is 1. The SMILES string of the molecule is CCC1CCC(N2CCCc3cc(C(=O)O)ccc32)CC1. The number of anilines is 1. The summed E-state index contributed by atoms with van der Waals surface area (Å²) in [7, 11) is 0. The highest BCUT2D eigenvalue weighted by molar-refractivity contribution is 5.88. The van der Waals surface area contributed by atoms with Gasteiger partial charge >= 0.3 is 5.97 Å². The smallest absolute Gasteiger partial charge is 0.335 e. The maximum absolute atomic E-state index is 11.1. The maximum Gasteiger partial charge on any atom is 0.335 e. The van der Waals surface area contributed by atoms with E-state index in [1.807, 2.05) is 12.1 Å². The molecular weight excluding hydrogens is 262 g/mol. The van der Waals surface area contributed by atoms with E-state index in [4.69, 9.17) is 5.11 Å². The number of carboxylic acid groups (broad SMARTS) is 1. The lowest BCUT2D eigenvalue weighted by molar-refractivity contribution is 0.0697. The van der Waals surface area contributed by atoms with Crippen LogP contribution >= 0.6 is 0 Å². The van der Waals surface area contributed by atoms with E-state index < -0.39 is 5.97 Å². The van der Waals surface area contributed by atoms with Crippen LogP contribution in [-0.4, -0.2) is 23.7 Å². The van der Waals surface area contributed by atoms with Gasteiger partial charge < -0.3 is 10.0 Å². The van der Waals surface area contributed by atoms with Crippen LogP contribution in [-0.2, 0) is 6.42 Å². The Balaban J connectivity index is 1.79. The summed E-state index contributed by atoms with van der Waals surface area (Å²) in [5.74, 6) is 0.0956. The van der Waals surface area contributed by atoms with Crippen LogP contribution in [0.2, 0.25) is 0 Å². The Labute approximate surface area is 127 Å². The number of aryl methyl sites for hydroxylation is 1. The van der Waals surface area contributed by atoms with Gasteiger partial charge in [-0.2, -0.15) is 0 Å². The molecule has 0 bridgehead atoms. The highest BCUT2D eigenvalue weighted by Gasteiger charge is 2.28. The van der Waals surface area contributed by atoms with Gasteiger partial charge in [-0.15, -0.1) is 0 Å². The van der Waals surface area contributed by atoms with Crippen LogP contribution < -0.4 is 4.90 Å². The largest absolute Gasteiger partial charge is 0.478 e. The topological polar surface area (TPSA) is 40.5 Å². The van der Waals surface area contributed by atoms with E-state index in [0.29, 0.717) is 11.6 Å². The molecule has 1 aromatic carbocycles. The van der Waals surface area contributed by atoms with Crippen molar-refractivity contribution in [3.05, 3.63) is 29.3 Å². The molecule has 0 saturated heterocycles. The molecule has 0 aromatic heterocycles. The van der Waals surface area contributed by atoms with Crippen molar-refractivity contribution >= 4 is 11.7 Å². The molecule has 2 aliphatic rings. The lowest BCUT2D eigenvalue weighted by Gasteiger charge is -2.41. The highest BCUT2D eigenvalue weighted by atomic mass is 16.4. The molecule has 1 N–H and O–H groups in total. The third-order valence-electron chi connectivity index (χ3n) is 5.32. The van der Waals surface area contributed by atoms with Gasteiger partial charge in [0.05, 0.1) is 5.56 Å². The third-order valence-corrected chi connectivity index (χ3v) is 5.32. The number of aromatic carboxylic acids is 1. The van der Waals surface area contributed by atoms with Gasteiger partial charge in [0.2, 0.25) is 0 Å². The quantitative estimate of drug-likeness (QED) is 0.909. The zero-order valence-electron chi connectivity index (χ0n) is 12.8. The summed E-state index contributed by atoms with van der Waals surface area (Å²) in [6, 6.07) is 6.32. The van der Waals surface area contributed by atoms with Crippen molar-refractivity contribution in [3.63, 3.8) is 0 Å². The van der Waals surface area contributed by atoms with Crippen molar-refractivity contribution in [2.45, 2.75) is 57.9 Å². The lowest BCUT2D eigenvalue weighted by atomic mass is 9.83. The number of carboxylic acids is 1. The van der Waals surface area contributed by atoms with Crippen LogP contribution in [0.4, 0.5) is 5.69 Å².